The molecule has 462 valence electrons. The standard InChI is InChI=1S/C62H90N8O14/c1-59(2,3)49(67-51(73)45(35-71)65-57(79)83-61(7,8)9)55(77)69-33-39(31-47(69)53(75)63-43-27-19-23-37-21-13-15-25-41(37)43)81-29-17-18-30-82-40-32-48(54(76)64-44-28-20-24-38-22-14-16-26-42(38)44)70(34-40)56(78)50(60(4,5)6)68-52(74)46(36-72)66-58(80)84-62(10,11)12/h13-16,21-22,25-26,39-40,43-50,71-72H,19-20,23-24,27-36H2,1-12H3,(H,63,75)(H,64,76)(H,65,79)(H,66,80)(H,67,73)(H,68,74)/t39-,40-,43+,44+,45-,46-,47-,48-,49+,50+/m0/s1. The molecule has 2 heterocycles. The molecule has 84 heavy (non-hydrogen) atoms. The number of benzene rings is 2. The van der Waals surface area contributed by atoms with E-state index in [1.54, 1.807) is 83.1 Å². The Morgan fingerprint density at radius 3 is 1.24 bits per heavy atom. The summed E-state index contributed by atoms with van der Waals surface area (Å²) in [6, 6.07) is 7.88. The normalized spacial score (nSPS) is 22.0. The monoisotopic (exact) mass is 1170 g/mol. The van der Waals surface area contributed by atoms with Crippen molar-refractivity contribution < 1.29 is 67.5 Å². The quantitative estimate of drug-likeness (QED) is 0.0973. The Labute approximate surface area is 494 Å². The lowest BCUT2D eigenvalue weighted by atomic mass is 9.85. The highest BCUT2D eigenvalue weighted by Crippen LogP contribution is 2.34. The van der Waals surface area contributed by atoms with E-state index in [1.807, 2.05) is 48.5 Å². The highest BCUT2D eigenvalue weighted by molar-refractivity contribution is 5.96. The van der Waals surface area contributed by atoms with E-state index in [4.69, 9.17) is 18.9 Å². The number of hydrogen-bond donors (Lipinski definition) is 8. The summed E-state index contributed by atoms with van der Waals surface area (Å²) in [5.41, 5.74) is 0.677. The topological polar surface area (TPSA) is 293 Å². The van der Waals surface area contributed by atoms with Crippen molar-refractivity contribution in [1.29, 1.82) is 0 Å². The Morgan fingerprint density at radius 1 is 0.548 bits per heavy atom. The minimum absolute atomic E-state index is 0.0306. The number of ether oxygens (including phenoxy) is 4. The van der Waals surface area contributed by atoms with E-state index < -0.39 is 131 Å². The Balaban J connectivity index is 1.16. The molecule has 2 fully saturated rings. The fourth-order valence-corrected chi connectivity index (χ4v) is 11.0. The van der Waals surface area contributed by atoms with Crippen molar-refractivity contribution in [3.05, 3.63) is 70.8 Å². The Bertz CT molecular complexity index is 2570. The predicted molar refractivity (Wildman–Crippen MR) is 311 cm³/mol. The minimum Gasteiger partial charge on any atom is -0.444 e. The summed E-state index contributed by atoms with van der Waals surface area (Å²) in [4.78, 5) is 114. The summed E-state index contributed by atoms with van der Waals surface area (Å²) in [5, 5.41) is 36.9. The van der Waals surface area contributed by atoms with Crippen LogP contribution in [0.1, 0.15) is 156 Å². The molecule has 8 N–H and O–H groups in total. The number of carbonyl (C=O) groups is 8. The van der Waals surface area contributed by atoms with Crippen LogP contribution in [-0.2, 0) is 60.6 Å². The van der Waals surface area contributed by atoms with E-state index in [1.165, 1.54) is 9.80 Å². The SMILES string of the molecule is CC(C)(C)OC(=O)N[C@@H](CO)C(=O)N[C@H](C(=O)N1C[C@@H](OCC#CCO[C@H]2C[C@@H](C(=O)N[C@@H]3CCCc4ccccc43)N(C(=O)[C@@H](NC(=O)[C@H](CO)NC(=O)OC(C)(C)C)C(C)(C)C)C2)C[C@H]1C(=O)N[C@@H]1CCCc2ccccc21)C(C)(C)C. The lowest BCUT2D eigenvalue weighted by Gasteiger charge is -2.36. The van der Waals surface area contributed by atoms with Gasteiger partial charge in [-0.2, -0.15) is 0 Å². The maximum Gasteiger partial charge on any atom is 0.408 e. The number of aliphatic hydroxyl groups excluding tert-OH is 2. The van der Waals surface area contributed by atoms with Crippen LogP contribution < -0.4 is 31.9 Å². The van der Waals surface area contributed by atoms with Crippen molar-refractivity contribution >= 4 is 47.6 Å². The van der Waals surface area contributed by atoms with Gasteiger partial charge in [0.15, 0.2) is 0 Å². The van der Waals surface area contributed by atoms with E-state index in [9.17, 15) is 48.6 Å². The fraction of sp³-hybridized carbons (Fsp3) is 0.645. The number of carbonyl (C=O) groups excluding carboxylic acids is 8. The lowest BCUT2D eigenvalue weighted by Crippen LogP contribution is -2.61. The number of rotatable bonds is 18. The molecule has 2 aromatic carbocycles. The van der Waals surface area contributed by atoms with Crippen molar-refractivity contribution in [1.82, 2.24) is 41.7 Å². The summed E-state index contributed by atoms with van der Waals surface area (Å²) in [7, 11) is 0. The first-order valence-electron chi connectivity index (χ1n) is 29.2. The third-order valence-corrected chi connectivity index (χ3v) is 15.2. The summed E-state index contributed by atoms with van der Waals surface area (Å²) < 4.78 is 23.1. The van der Waals surface area contributed by atoms with Crippen LogP contribution >= 0.6 is 0 Å². The van der Waals surface area contributed by atoms with Crippen molar-refractivity contribution in [2.75, 3.05) is 39.5 Å². The molecule has 0 radical (unpaired) electrons. The largest absolute Gasteiger partial charge is 0.444 e. The Hall–Kier alpha value is -6.80. The predicted octanol–water partition coefficient (Wildman–Crippen LogP) is 4.18. The number of aryl methyl sites for hydroxylation is 2. The lowest BCUT2D eigenvalue weighted by molar-refractivity contribution is -0.144. The van der Waals surface area contributed by atoms with Crippen molar-refractivity contribution in [2.45, 2.75) is 206 Å². The number of amides is 8. The Morgan fingerprint density at radius 2 is 0.905 bits per heavy atom. The average Bonchev–Trinajstić information content (AvgIpc) is 4.13. The third-order valence-electron chi connectivity index (χ3n) is 15.2. The van der Waals surface area contributed by atoms with Crippen LogP contribution in [0.15, 0.2) is 48.5 Å². The van der Waals surface area contributed by atoms with Crippen LogP contribution in [-0.4, -0.2) is 167 Å². The van der Waals surface area contributed by atoms with E-state index in [-0.39, 0.29) is 51.2 Å². The van der Waals surface area contributed by atoms with Gasteiger partial charge in [-0.15, -0.1) is 0 Å². The Kier molecular flexibility index (Phi) is 22.4. The number of nitrogens with one attached hydrogen (secondary N) is 6. The van der Waals surface area contributed by atoms with Gasteiger partial charge >= 0.3 is 12.2 Å². The van der Waals surface area contributed by atoms with Gasteiger partial charge in [-0.25, -0.2) is 9.59 Å². The molecule has 2 aliphatic carbocycles. The van der Waals surface area contributed by atoms with Gasteiger partial charge in [0, 0.05) is 25.9 Å². The van der Waals surface area contributed by atoms with Crippen molar-refractivity contribution in [2.24, 2.45) is 10.8 Å². The fourth-order valence-electron chi connectivity index (χ4n) is 11.0. The van der Waals surface area contributed by atoms with E-state index >= 15 is 0 Å². The summed E-state index contributed by atoms with van der Waals surface area (Å²) in [6.45, 7) is 18.5. The molecule has 10 atom stereocenters. The first kappa shape index (κ1) is 66.3. The van der Waals surface area contributed by atoms with Gasteiger partial charge < -0.3 is 70.9 Å². The molecule has 0 bridgehead atoms. The molecular weight excluding hydrogens is 1080 g/mol. The van der Waals surface area contributed by atoms with Crippen LogP contribution in [0.2, 0.25) is 0 Å². The van der Waals surface area contributed by atoms with Gasteiger partial charge in [0.2, 0.25) is 35.4 Å². The number of hydrogen-bond acceptors (Lipinski definition) is 14. The molecule has 0 aromatic heterocycles. The molecule has 0 spiro atoms. The number of fused-ring (bicyclic) bond motifs is 2. The highest BCUT2D eigenvalue weighted by Gasteiger charge is 2.48. The van der Waals surface area contributed by atoms with Gasteiger partial charge in [-0.1, -0.05) is 102 Å². The van der Waals surface area contributed by atoms with Gasteiger partial charge in [0.1, 0.15) is 60.7 Å². The summed E-state index contributed by atoms with van der Waals surface area (Å²) in [6.07, 6.45) is 1.87. The molecule has 0 unspecified atom stereocenters. The highest BCUT2D eigenvalue weighted by atomic mass is 16.6. The van der Waals surface area contributed by atoms with E-state index in [2.05, 4.69) is 43.7 Å². The van der Waals surface area contributed by atoms with Crippen LogP contribution in [0.5, 0.6) is 0 Å². The number of likely N-dealkylation sites (tertiary alicyclic amines) is 2. The maximum absolute atomic E-state index is 14.8. The maximum atomic E-state index is 14.8. The molecule has 22 heteroatoms. The molecule has 2 aliphatic heterocycles. The summed E-state index contributed by atoms with van der Waals surface area (Å²) >= 11 is 0. The average molecular weight is 1170 g/mol. The molecule has 8 amide bonds. The van der Waals surface area contributed by atoms with Crippen LogP contribution in [0.3, 0.4) is 0 Å². The second kappa shape index (κ2) is 28.4. The minimum atomic E-state index is -1.45. The van der Waals surface area contributed by atoms with Gasteiger partial charge in [0.25, 0.3) is 0 Å². The molecule has 2 saturated heterocycles. The second-order valence-corrected chi connectivity index (χ2v) is 26.4. The number of nitrogens with zero attached hydrogens (tertiary/aromatic N) is 2. The second-order valence-electron chi connectivity index (χ2n) is 26.4. The van der Waals surface area contributed by atoms with Crippen LogP contribution in [0.25, 0.3) is 0 Å². The molecule has 0 saturated carbocycles. The van der Waals surface area contributed by atoms with Gasteiger partial charge in [-0.05, 0) is 113 Å². The number of alkyl carbamates (subject to hydrolysis) is 2. The van der Waals surface area contributed by atoms with Crippen molar-refractivity contribution in [3.8, 4) is 11.8 Å². The zero-order valence-corrected chi connectivity index (χ0v) is 51.0. The van der Waals surface area contributed by atoms with Crippen molar-refractivity contribution in [3.63, 3.8) is 0 Å². The zero-order chi connectivity index (χ0) is 61.9. The smallest absolute Gasteiger partial charge is 0.408 e. The first-order valence-corrected chi connectivity index (χ1v) is 29.2. The van der Waals surface area contributed by atoms with Gasteiger partial charge in [0.05, 0.1) is 37.5 Å². The summed E-state index contributed by atoms with van der Waals surface area (Å²) in [5.74, 6) is 2.34. The van der Waals surface area contributed by atoms with E-state index in [0.29, 0.717) is 12.8 Å². The van der Waals surface area contributed by atoms with Crippen LogP contribution in [0, 0.1) is 22.7 Å². The molecule has 6 rings (SSSR count). The molecule has 4 aliphatic rings. The van der Waals surface area contributed by atoms with Gasteiger partial charge in [-0.3, -0.25) is 28.8 Å². The number of aliphatic hydroxyl groups is 2. The van der Waals surface area contributed by atoms with E-state index in [0.717, 1.165) is 47.9 Å². The third kappa shape index (κ3) is 18.4. The molecular formula is C62H90N8O14. The zero-order valence-electron chi connectivity index (χ0n) is 51.0. The van der Waals surface area contributed by atoms with Crippen LogP contribution in [0.4, 0.5) is 9.59 Å². The molecule has 22 nitrogen and oxygen atoms in total. The first-order chi connectivity index (χ1) is 39.4. The molecule has 2 aromatic rings.